The second-order valence-electron chi connectivity index (χ2n) is 3.40. The second-order valence-corrected chi connectivity index (χ2v) is 3.40. The van der Waals surface area contributed by atoms with Crippen molar-refractivity contribution < 1.29 is 22.6 Å². The van der Waals surface area contributed by atoms with Crippen molar-refractivity contribution in [3.63, 3.8) is 0 Å². The zero-order chi connectivity index (χ0) is 12.7. The Morgan fingerprint density at radius 3 is 2.24 bits per heavy atom. The first kappa shape index (κ1) is 13.6. The Bertz CT molecular complexity index is 324. The lowest BCUT2D eigenvalue weighted by atomic mass is 10.3. The summed E-state index contributed by atoms with van der Waals surface area (Å²) < 4.78 is 45.3. The molecule has 0 aliphatic rings. The van der Waals surface area contributed by atoms with Crippen LogP contribution in [0.4, 0.5) is 18.9 Å². The number of alkyl halides is 3. The molecule has 1 aromatic rings. The van der Waals surface area contributed by atoms with Crippen molar-refractivity contribution in [1.82, 2.24) is 0 Å². The molecule has 17 heavy (non-hydrogen) atoms. The zero-order valence-corrected chi connectivity index (χ0v) is 9.17. The van der Waals surface area contributed by atoms with E-state index >= 15 is 0 Å². The quantitative estimate of drug-likeness (QED) is 0.622. The number of hydrogen-bond donors (Lipinski definition) is 1. The number of benzene rings is 1. The topological polar surface area (TPSA) is 44.5 Å². The number of hydrogen-bond acceptors (Lipinski definition) is 3. The van der Waals surface area contributed by atoms with Gasteiger partial charge in [0.25, 0.3) is 0 Å². The average Bonchev–Trinajstić information content (AvgIpc) is 2.24. The minimum atomic E-state index is -4.17. The Balaban J connectivity index is 2.07. The number of rotatable bonds is 6. The van der Waals surface area contributed by atoms with Crippen LogP contribution < -0.4 is 10.5 Å². The molecular formula is C11H14F3NO2. The summed E-state index contributed by atoms with van der Waals surface area (Å²) in [4.78, 5) is 0. The Labute approximate surface area is 97.3 Å². The van der Waals surface area contributed by atoms with E-state index in [2.05, 4.69) is 0 Å². The Morgan fingerprint density at radius 1 is 1.00 bits per heavy atom. The number of ether oxygens (including phenoxy) is 2. The van der Waals surface area contributed by atoms with Crippen molar-refractivity contribution >= 4 is 5.69 Å². The average molecular weight is 249 g/mol. The highest BCUT2D eigenvalue weighted by Gasteiger charge is 2.26. The fraction of sp³-hybridized carbons (Fsp3) is 0.455. The zero-order valence-electron chi connectivity index (χ0n) is 9.17. The molecule has 0 aliphatic heterocycles. The lowest BCUT2D eigenvalue weighted by Crippen LogP contribution is -2.14. The maximum atomic E-state index is 11.7. The largest absolute Gasteiger partial charge is 0.491 e. The summed E-state index contributed by atoms with van der Waals surface area (Å²) in [7, 11) is 0. The highest BCUT2D eigenvalue weighted by atomic mass is 19.4. The molecular weight excluding hydrogens is 235 g/mol. The van der Waals surface area contributed by atoms with Crippen LogP contribution in [0.25, 0.3) is 0 Å². The monoisotopic (exact) mass is 249 g/mol. The smallest absolute Gasteiger partial charge is 0.391 e. The van der Waals surface area contributed by atoms with Gasteiger partial charge in [0.2, 0.25) is 0 Å². The molecule has 6 heteroatoms. The number of halogens is 3. The summed E-state index contributed by atoms with van der Waals surface area (Å²) in [5, 5.41) is 0. The van der Waals surface area contributed by atoms with Gasteiger partial charge in [-0.05, 0) is 24.3 Å². The van der Waals surface area contributed by atoms with Gasteiger partial charge in [-0.1, -0.05) is 0 Å². The van der Waals surface area contributed by atoms with Crippen LogP contribution in [0.2, 0.25) is 0 Å². The van der Waals surface area contributed by atoms with E-state index in [9.17, 15) is 13.2 Å². The molecule has 0 saturated heterocycles. The summed E-state index contributed by atoms with van der Waals surface area (Å²) in [6.07, 6.45) is -5.10. The summed E-state index contributed by atoms with van der Waals surface area (Å²) in [6, 6.07) is 6.73. The Morgan fingerprint density at radius 2 is 1.65 bits per heavy atom. The van der Waals surface area contributed by atoms with Crippen molar-refractivity contribution in [3.8, 4) is 5.75 Å². The van der Waals surface area contributed by atoms with Gasteiger partial charge in [-0.2, -0.15) is 13.2 Å². The Kier molecular flexibility index (Phi) is 5.09. The fourth-order valence-electron chi connectivity index (χ4n) is 1.07. The van der Waals surface area contributed by atoms with Crippen LogP contribution in [0.3, 0.4) is 0 Å². The molecule has 1 aromatic carbocycles. The van der Waals surface area contributed by atoms with Gasteiger partial charge in [-0.15, -0.1) is 0 Å². The SMILES string of the molecule is Nc1ccc(OCCOCCC(F)(F)F)cc1. The summed E-state index contributed by atoms with van der Waals surface area (Å²) in [5.74, 6) is 0.610. The molecule has 96 valence electrons. The van der Waals surface area contributed by atoms with Gasteiger partial charge in [-0.25, -0.2) is 0 Å². The van der Waals surface area contributed by atoms with E-state index in [4.69, 9.17) is 15.2 Å². The minimum Gasteiger partial charge on any atom is -0.491 e. The van der Waals surface area contributed by atoms with Crippen LogP contribution >= 0.6 is 0 Å². The molecule has 0 amide bonds. The molecule has 0 saturated carbocycles. The molecule has 0 aliphatic carbocycles. The third kappa shape index (κ3) is 6.68. The van der Waals surface area contributed by atoms with Crippen molar-refractivity contribution in [2.24, 2.45) is 0 Å². The van der Waals surface area contributed by atoms with E-state index in [-0.39, 0.29) is 19.8 Å². The molecule has 0 fully saturated rings. The van der Waals surface area contributed by atoms with E-state index in [1.165, 1.54) is 0 Å². The standard InChI is InChI=1S/C11H14F3NO2/c12-11(13,14)5-6-16-7-8-17-10-3-1-9(15)2-4-10/h1-4H,5-8,15H2. The van der Waals surface area contributed by atoms with Crippen LogP contribution in [0.15, 0.2) is 24.3 Å². The van der Waals surface area contributed by atoms with E-state index in [0.717, 1.165) is 0 Å². The predicted molar refractivity (Wildman–Crippen MR) is 57.8 cm³/mol. The van der Waals surface area contributed by atoms with Crippen molar-refractivity contribution in [3.05, 3.63) is 24.3 Å². The van der Waals surface area contributed by atoms with Gasteiger partial charge in [0.05, 0.1) is 19.6 Å². The lowest BCUT2D eigenvalue weighted by Gasteiger charge is -2.08. The molecule has 0 atom stereocenters. The number of nitrogen functional groups attached to an aromatic ring is 1. The van der Waals surface area contributed by atoms with E-state index < -0.39 is 12.6 Å². The molecule has 1 rings (SSSR count). The maximum Gasteiger partial charge on any atom is 0.391 e. The fourth-order valence-corrected chi connectivity index (χ4v) is 1.07. The number of nitrogens with two attached hydrogens (primary N) is 1. The normalized spacial score (nSPS) is 11.5. The van der Waals surface area contributed by atoms with Crippen molar-refractivity contribution in [2.75, 3.05) is 25.6 Å². The third-order valence-electron chi connectivity index (χ3n) is 1.91. The summed E-state index contributed by atoms with van der Waals surface area (Å²) in [6.45, 7) is -0.00315. The summed E-state index contributed by atoms with van der Waals surface area (Å²) >= 11 is 0. The van der Waals surface area contributed by atoms with Crippen LogP contribution in [0.5, 0.6) is 5.75 Å². The third-order valence-corrected chi connectivity index (χ3v) is 1.91. The van der Waals surface area contributed by atoms with Gasteiger partial charge < -0.3 is 15.2 Å². The first-order valence-corrected chi connectivity index (χ1v) is 5.10. The van der Waals surface area contributed by atoms with E-state index in [0.29, 0.717) is 11.4 Å². The first-order valence-electron chi connectivity index (χ1n) is 5.10. The molecule has 0 unspecified atom stereocenters. The van der Waals surface area contributed by atoms with Gasteiger partial charge >= 0.3 is 6.18 Å². The number of anilines is 1. The van der Waals surface area contributed by atoms with Crippen molar-refractivity contribution in [2.45, 2.75) is 12.6 Å². The molecule has 3 nitrogen and oxygen atoms in total. The summed E-state index contributed by atoms with van der Waals surface area (Å²) in [5.41, 5.74) is 6.10. The highest BCUT2D eigenvalue weighted by Crippen LogP contribution is 2.19. The predicted octanol–water partition coefficient (Wildman–Crippen LogP) is 2.62. The van der Waals surface area contributed by atoms with Gasteiger partial charge in [0.1, 0.15) is 12.4 Å². The van der Waals surface area contributed by atoms with Crippen molar-refractivity contribution in [1.29, 1.82) is 0 Å². The molecule has 0 aromatic heterocycles. The van der Waals surface area contributed by atoms with E-state index in [1.807, 2.05) is 0 Å². The Hall–Kier alpha value is -1.43. The van der Waals surface area contributed by atoms with Gasteiger partial charge in [0, 0.05) is 5.69 Å². The van der Waals surface area contributed by atoms with Crippen LogP contribution in [0.1, 0.15) is 6.42 Å². The molecule has 2 N–H and O–H groups in total. The molecule has 0 spiro atoms. The van der Waals surface area contributed by atoms with E-state index in [1.54, 1.807) is 24.3 Å². The second kappa shape index (κ2) is 6.34. The molecule has 0 radical (unpaired) electrons. The van der Waals surface area contributed by atoms with Crippen LogP contribution in [-0.2, 0) is 4.74 Å². The first-order chi connectivity index (χ1) is 7.97. The maximum absolute atomic E-state index is 11.7. The van der Waals surface area contributed by atoms with Gasteiger partial charge in [-0.3, -0.25) is 0 Å². The molecule has 0 heterocycles. The minimum absolute atomic E-state index is 0.125. The highest BCUT2D eigenvalue weighted by molar-refractivity contribution is 5.41. The lowest BCUT2D eigenvalue weighted by molar-refractivity contribution is -0.145. The van der Waals surface area contributed by atoms with Gasteiger partial charge in [0.15, 0.2) is 0 Å². The van der Waals surface area contributed by atoms with Crippen LogP contribution in [0, 0.1) is 0 Å². The molecule has 0 bridgehead atoms. The van der Waals surface area contributed by atoms with Crippen LogP contribution in [-0.4, -0.2) is 26.0 Å².